The quantitative estimate of drug-likeness (QED) is 0.752. The molecule has 0 fully saturated rings. The van der Waals surface area contributed by atoms with Crippen molar-refractivity contribution >= 4 is 17.6 Å². The maximum Gasteiger partial charge on any atom is 0.339 e. The van der Waals surface area contributed by atoms with E-state index in [1.165, 1.54) is 25.3 Å². The monoisotopic (exact) mass is 359 g/mol. The molecule has 2 aromatic carbocycles. The van der Waals surface area contributed by atoms with Gasteiger partial charge in [0.1, 0.15) is 22.8 Å². The minimum atomic E-state index is -1.09. The molecule has 0 spiro atoms. The Hall–Kier alpha value is -3.22. The number of hydrogen-bond donors (Lipinski definition) is 2. The first-order valence-electron chi connectivity index (χ1n) is 7.90. The molecule has 2 rings (SSSR count). The summed E-state index contributed by atoms with van der Waals surface area (Å²) in [4.78, 5) is 23.3. The third kappa shape index (κ3) is 4.89. The van der Waals surface area contributed by atoms with Gasteiger partial charge in [-0.25, -0.2) is 4.79 Å². The zero-order valence-corrected chi connectivity index (χ0v) is 14.9. The van der Waals surface area contributed by atoms with Crippen LogP contribution in [-0.2, 0) is 11.2 Å². The molecule has 0 unspecified atom stereocenters. The standard InChI is InChI=1S/C19H21NO6/c1-24-14-8-12(9-15(11-14)25-2)4-7-18(21)20-13-5-6-16(19(22)23)17(10-13)26-3/h5-6,8-11H,4,7H2,1-3H3,(H,20,21)(H,22,23). The number of amides is 1. The van der Waals surface area contributed by atoms with Gasteiger partial charge in [-0.2, -0.15) is 0 Å². The second-order valence-electron chi connectivity index (χ2n) is 5.49. The Morgan fingerprint density at radius 3 is 2.15 bits per heavy atom. The molecule has 0 radical (unpaired) electrons. The number of carbonyl (C=O) groups is 2. The first-order chi connectivity index (χ1) is 12.5. The fourth-order valence-corrected chi connectivity index (χ4v) is 2.44. The van der Waals surface area contributed by atoms with Crippen LogP contribution in [0.3, 0.4) is 0 Å². The Labute approximate surface area is 151 Å². The lowest BCUT2D eigenvalue weighted by Crippen LogP contribution is -2.13. The van der Waals surface area contributed by atoms with Gasteiger partial charge in [-0.05, 0) is 36.2 Å². The van der Waals surface area contributed by atoms with Crippen molar-refractivity contribution in [3.8, 4) is 17.2 Å². The number of hydrogen-bond acceptors (Lipinski definition) is 5. The normalized spacial score (nSPS) is 10.1. The van der Waals surface area contributed by atoms with Gasteiger partial charge in [0.15, 0.2) is 0 Å². The zero-order chi connectivity index (χ0) is 19.1. The first kappa shape index (κ1) is 19.1. The van der Waals surface area contributed by atoms with Crippen LogP contribution in [0.15, 0.2) is 36.4 Å². The van der Waals surface area contributed by atoms with E-state index < -0.39 is 5.97 Å². The first-order valence-corrected chi connectivity index (χ1v) is 7.90. The van der Waals surface area contributed by atoms with Crippen molar-refractivity contribution in [3.63, 3.8) is 0 Å². The highest BCUT2D eigenvalue weighted by Crippen LogP contribution is 2.25. The SMILES string of the molecule is COc1cc(CCC(=O)Nc2ccc(C(=O)O)c(OC)c2)cc(OC)c1. The molecule has 138 valence electrons. The molecule has 7 nitrogen and oxygen atoms in total. The van der Waals surface area contributed by atoms with E-state index in [1.807, 2.05) is 12.1 Å². The Balaban J connectivity index is 2.02. The van der Waals surface area contributed by atoms with E-state index in [4.69, 9.17) is 19.3 Å². The Bertz CT molecular complexity index is 780. The molecular weight excluding hydrogens is 338 g/mol. The molecule has 0 saturated heterocycles. The third-order valence-electron chi connectivity index (χ3n) is 3.77. The maximum absolute atomic E-state index is 12.2. The van der Waals surface area contributed by atoms with Crippen LogP contribution in [0.1, 0.15) is 22.3 Å². The number of rotatable bonds is 8. The van der Waals surface area contributed by atoms with E-state index in [0.29, 0.717) is 23.6 Å². The molecule has 0 aliphatic heterocycles. The predicted octanol–water partition coefficient (Wildman–Crippen LogP) is 2.98. The Morgan fingerprint density at radius 1 is 0.962 bits per heavy atom. The van der Waals surface area contributed by atoms with Crippen molar-refractivity contribution in [3.05, 3.63) is 47.5 Å². The van der Waals surface area contributed by atoms with E-state index in [-0.39, 0.29) is 23.6 Å². The second kappa shape index (κ2) is 8.75. The number of nitrogens with one attached hydrogen (secondary N) is 1. The highest BCUT2D eigenvalue weighted by molar-refractivity contribution is 5.94. The minimum Gasteiger partial charge on any atom is -0.497 e. The van der Waals surface area contributed by atoms with Crippen molar-refractivity contribution in [2.45, 2.75) is 12.8 Å². The fourth-order valence-electron chi connectivity index (χ4n) is 2.44. The minimum absolute atomic E-state index is 0.0361. The maximum atomic E-state index is 12.2. The van der Waals surface area contributed by atoms with Gasteiger partial charge >= 0.3 is 5.97 Å². The summed E-state index contributed by atoms with van der Waals surface area (Å²) in [7, 11) is 4.52. The number of benzene rings is 2. The lowest BCUT2D eigenvalue weighted by atomic mass is 10.1. The lowest BCUT2D eigenvalue weighted by molar-refractivity contribution is -0.116. The van der Waals surface area contributed by atoms with Crippen LogP contribution in [0.4, 0.5) is 5.69 Å². The number of methoxy groups -OCH3 is 3. The summed E-state index contributed by atoms with van der Waals surface area (Å²) in [5, 5.41) is 11.8. The zero-order valence-electron chi connectivity index (χ0n) is 14.9. The number of carboxylic acid groups (broad SMARTS) is 1. The molecule has 7 heteroatoms. The predicted molar refractivity (Wildman–Crippen MR) is 96.5 cm³/mol. The van der Waals surface area contributed by atoms with Crippen molar-refractivity contribution in [1.82, 2.24) is 0 Å². The van der Waals surface area contributed by atoms with Crippen LogP contribution < -0.4 is 19.5 Å². The molecule has 0 bridgehead atoms. The van der Waals surface area contributed by atoms with Gasteiger partial charge in [0.25, 0.3) is 0 Å². The van der Waals surface area contributed by atoms with Crippen LogP contribution >= 0.6 is 0 Å². The van der Waals surface area contributed by atoms with Crippen LogP contribution in [0.2, 0.25) is 0 Å². The summed E-state index contributed by atoms with van der Waals surface area (Å²) in [5.74, 6) is 0.221. The van der Waals surface area contributed by atoms with Gasteiger partial charge in [-0.1, -0.05) is 0 Å². The van der Waals surface area contributed by atoms with Gasteiger partial charge in [0, 0.05) is 24.2 Å². The second-order valence-corrected chi connectivity index (χ2v) is 5.49. The van der Waals surface area contributed by atoms with Crippen molar-refractivity contribution in [1.29, 1.82) is 0 Å². The van der Waals surface area contributed by atoms with E-state index in [9.17, 15) is 9.59 Å². The Kier molecular flexibility index (Phi) is 6.43. The number of ether oxygens (including phenoxy) is 3. The van der Waals surface area contributed by atoms with Gasteiger partial charge in [0.05, 0.1) is 21.3 Å². The third-order valence-corrected chi connectivity index (χ3v) is 3.77. The smallest absolute Gasteiger partial charge is 0.339 e. The average Bonchev–Trinajstić information content (AvgIpc) is 2.65. The molecule has 2 aromatic rings. The molecule has 1 amide bonds. The number of anilines is 1. The number of aromatic carboxylic acids is 1. The lowest BCUT2D eigenvalue weighted by Gasteiger charge is -2.10. The summed E-state index contributed by atoms with van der Waals surface area (Å²) in [5.41, 5.74) is 1.42. The van der Waals surface area contributed by atoms with Crippen LogP contribution in [0, 0.1) is 0 Å². The van der Waals surface area contributed by atoms with Gasteiger partial charge < -0.3 is 24.6 Å². The summed E-state index contributed by atoms with van der Waals surface area (Å²) in [6, 6.07) is 9.86. The van der Waals surface area contributed by atoms with E-state index >= 15 is 0 Å². The highest BCUT2D eigenvalue weighted by Gasteiger charge is 2.12. The molecule has 0 saturated carbocycles. The summed E-state index contributed by atoms with van der Waals surface area (Å²) >= 11 is 0. The molecular formula is C19H21NO6. The molecule has 0 aliphatic carbocycles. The van der Waals surface area contributed by atoms with Crippen molar-refractivity contribution in [2.24, 2.45) is 0 Å². The van der Waals surface area contributed by atoms with E-state index in [2.05, 4.69) is 5.32 Å². The summed E-state index contributed by atoms with van der Waals surface area (Å²) in [6.45, 7) is 0. The van der Waals surface area contributed by atoms with Gasteiger partial charge in [-0.15, -0.1) is 0 Å². The van der Waals surface area contributed by atoms with Crippen LogP contribution in [0.5, 0.6) is 17.2 Å². The molecule has 0 aliphatic rings. The van der Waals surface area contributed by atoms with E-state index in [1.54, 1.807) is 20.3 Å². The molecule has 2 N–H and O–H groups in total. The Morgan fingerprint density at radius 2 is 1.62 bits per heavy atom. The molecule has 0 heterocycles. The largest absolute Gasteiger partial charge is 0.497 e. The number of carboxylic acids is 1. The fraction of sp³-hybridized carbons (Fsp3) is 0.263. The van der Waals surface area contributed by atoms with E-state index in [0.717, 1.165) is 5.56 Å². The summed E-state index contributed by atoms with van der Waals surface area (Å²) < 4.78 is 15.5. The molecule has 26 heavy (non-hydrogen) atoms. The molecule has 0 aromatic heterocycles. The van der Waals surface area contributed by atoms with Crippen LogP contribution in [-0.4, -0.2) is 38.3 Å². The highest BCUT2D eigenvalue weighted by atomic mass is 16.5. The van der Waals surface area contributed by atoms with Crippen LogP contribution in [0.25, 0.3) is 0 Å². The van der Waals surface area contributed by atoms with Crippen molar-refractivity contribution < 1.29 is 28.9 Å². The number of aryl methyl sites for hydroxylation is 1. The summed E-state index contributed by atoms with van der Waals surface area (Å²) in [6.07, 6.45) is 0.753. The van der Waals surface area contributed by atoms with Gasteiger partial charge in [0.2, 0.25) is 5.91 Å². The van der Waals surface area contributed by atoms with Gasteiger partial charge in [-0.3, -0.25) is 4.79 Å². The van der Waals surface area contributed by atoms with Crippen molar-refractivity contribution in [2.75, 3.05) is 26.6 Å². The molecule has 0 atom stereocenters. The topological polar surface area (TPSA) is 94.1 Å². The average molecular weight is 359 g/mol. The number of carbonyl (C=O) groups excluding carboxylic acids is 1.